The molecule has 16 heavy (non-hydrogen) atoms. The summed E-state index contributed by atoms with van der Waals surface area (Å²) in [6, 6.07) is 0. The van der Waals surface area contributed by atoms with Crippen molar-refractivity contribution in [3.05, 3.63) is 16.9 Å². The summed E-state index contributed by atoms with van der Waals surface area (Å²) in [5, 5.41) is 4.30. The minimum atomic E-state index is 0.812. The number of aromatic nitrogens is 2. The molecule has 1 aliphatic carbocycles. The maximum Gasteiger partial charge on any atom is 0.0632 e. The van der Waals surface area contributed by atoms with Gasteiger partial charge < -0.3 is 4.90 Å². The van der Waals surface area contributed by atoms with E-state index in [1.165, 1.54) is 38.9 Å². The molecule has 3 rings (SSSR count). The predicted octanol–water partition coefficient (Wildman–Crippen LogP) is 2.38. The lowest BCUT2D eigenvalue weighted by Gasteiger charge is -2.42. The Morgan fingerprint density at radius 3 is 2.62 bits per heavy atom. The van der Waals surface area contributed by atoms with Gasteiger partial charge in [0.05, 0.1) is 10.7 Å². The lowest BCUT2D eigenvalue weighted by atomic mass is 9.84. The zero-order chi connectivity index (χ0) is 11.0. The van der Waals surface area contributed by atoms with E-state index in [1.54, 1.807) is 0 Å². The van der Waals surface area contributed by atoms with Crippen molar-refractivity contribution in [3.63, 3.8) is 0 Å². The fourth-order valence-corrected chi connectivity index (χ4v) is 3.01. The van der Waals surface area contributed by atoms with Gasteiger partial charge in [0.1, 0.15) is 0 Å². The number of nitrogens with zero attached hydrogens (tertiary/aromatic N) is 3. The zero-order valence-corrected chi connectivity index (χ0v) is 11.1. The summed E-state index contributed by atoms with van der Waals surface area (Å²) in [5.74, 6) is 1.83. The van der Waals surface area contributed by atoms with Gasteiger partial charge >= 0.3 is 0 Å². The molecule has 0 N–H and O–H groups in total. The highest BCUT2D eigenvalue weighted by Crippen LogP contribution is 2.29. The van der Waals surface area contributed by atoms with Gasteiger partial charge in [-0.1, -0.05) is 6.42 Å². The molecule has 88 valence electrons. The molecule has 4 heteroatoms. The second-order valence-electron chi connectivity index (χ2n) is 5.26. The van der Waals surface area contributed by atoms with E-state index in [2.05, 4.69) is 36.8 Å². The van der Waals surface area contributed by atoms with E-state index in [4.69, 9.17) is 0 Å². The van der Waals surface area contributed by atoms with E-state index in [1.807, 2.05) is 6.20 Å². The SMILES string of the molecule is Brc1cnn(CC2CN(CC3CCC3)C2)c1. The molecule has 1 saturated carbocycles. The predicted molar refractivity (Wildman–Crippen MR) is 67.2 cm³/mol. The molecule has 2 fully saturated rings. The van der Waals surface area contributed by atoms with Gasteiger partial charge in [-0.2, -0.15) is 5.10 Å². The molecule has 0 aromatic carbocycles. The number of rotatable bonds is 4. The van der Waals surface area contributed by atoms with Gasteiger partial charge in [-0.25, -0.2) is 0 Å². The average molecular weight is 284 g/mol. The fourth-order valence-electron chi connectivity index (χ4n) is 2.68. The first kappa shape index (κ1) is 10.8. The molecule has 1 aromatic rings. The first-order valence-corrected chi connectivity index (χ1v) is 6.99. The summed E-state index contributed by atoms with van der Waals surface area (Å²) in [5.41, 5.74) is 0. The Balaban J connectivity index is 1.40. The maximum atomic E-state index is 4.30. The van der Waals surface area contributed by atoms with Crippen LogP contribution in [0.2, 0.25) is 0 Å². The van der Waals surface area contributed by atoms with Crippen molar-refractivity contribution in [3.8, 4) is 0 Å². The van der Waals surface area contributed by atoms with E-state index in [0.717, 1.165) is 22.9 Å². The Bertz CT molecular complexity index is 353. The number of hydrogen-bond acceptors (Lipinski definition) is 2. The molecule has 1 saturated heterocycles. The topological polar surface area (TPSA) is 21.1 Å². The molecule has 3 nitrogen and oxygen atoms in total. The molecule has 0 bridgehead atoms. The van der Waals surface area contributed by atoms with Crippen molar-refractivity contribution in [2.24, 2.45) is 11.8 Å². The number of likely N-dealkylation sites (tertiary alicyclic amines) is 1. The monoisotopic (exact) mass is 283 g/mol. The van der Waals surface area contributed by atoms with Crippen LogP contribution >= 0.6 is 15.9 Å². The number of hydrogen-bond donors (Lipinski definition) is 0. The molecule has 0 amide bonds. The van der Waals surface area contributed by atoms with Crippen molar-refractivity contribution in [2.75, 3.05) is 19.6 Å². The van der Waals surface area contributed by atoms with Crippen LogP contribution in [0.1, 0.15) is 19.3 Å². The van der Waals surface area contributed by atoms with Crippen molar-refractivity contribution < 1.29 is 0 Å². The standard InChI is InChI=1S/C12H18BrN3/c13-12-4-14-16(9-12)8-11-6-15(7-11)5-10-2-1-3-10/h4,9-11H,1-3,5-8H2. The smallest absolute Gasteiger partial charge is 0.0632 e. The second kappa shape index (κ2) is 4.49. The van der Waals surface area contributed by atoms with E-state index < -0.39 is 0 Å². The second-order valence-corrected chi connectivity index (χ2v) is 6.18. The third-order valence-electron chi connectivity index (χ3n) is 3.82. The largest absolute Gasteiger partial charge is 0.302 e. The van der Waals surface area contributed by atoms with Crippen LogP contribution in [0.15, 0.2) is 16.9 Å². The molecule has 0 spiro atoms. The Hall–Kier alpha value is -0.350. The molecule has 1 aliphatic heterocycles. The quantitative estimate of drug-likeness (QED) is 0.846. The van der Waals surface area contributed by atoms with Gasteiger partial charge in [0.25, 0.3) is 0 Å². The van der Waals surface area contributed by atoms with Crippen LogP contribution in [0.25, 0.3) is 0 Å². The summed E-state index contributed by atoms with van der Waals surface area (Å²) in [7, 11) is 0. The molecular weight excluding hydrogens is 266 g/mol. The Labute approximate surface area is 105 Å². The highest BCUT2D eigenvalue weighted by Gasteiger charge is 2.30. The Kier molecular flexibility index (Phi) is 3.03. The lowest BCUT2D eigenvalue weighted by molar-refractivity contribution is 0.0529. The van der Waals surface area contributed by atoms with Gasteiger partial charge in [-0.3, -0.25) is 4.68 Å². The van der Waals surface area contributed by atoms with Crippen molar-refractivity contribution in [1.29, 1.82) is 0 Å². The number of halogens is 1. The molecule has 0 unspecified atom stereocenters. The maximum absolute atomic E-state index is 4.30. The molecule has 0 radical (unpaired) electrons. The molecule has 2 heterocycles. The highest BCUT2D eigenvalue weighted by molar-refractivity contribution is 9.10. The minimum absolute atomic E-state index is 0.812. The van der Waals surface area contributed by atoms with Gasteiger partial charge in [0, 0.05) is 38.3 Å². The van der Waals surface area contributed by atoms with Crippen LogP contribution < -0.4 is 0 Å². The zero-order valence-electron chi connectivity index (χ0n) is 9.48. The Morgan fingerprint density at radius 2 is 2.06 bits per heavy atom. The summed E-state index contributed by atoms with van der Waals surface area (Å²) in [6.45, 7) is 4.97. The molecule has 2 aliphatic rings. The van der Waals surface area contributed by atoms with Crippen LogP contribution in [0, 0.1) is 11.8 Å². The van der Waals surface area contributed by atoms with E-state index in [0.29, 0.717) is 0 Å². The summed E-state index contributed by atoms with van der Waals surface area (Å²) < 4.78 is 3.13. The minimum Gasteiger partial charge on any atom is -0.302 e. The van der Waals surface area contributed by atoms with Gasteiger partial charge in [0.15, 0.2) is 0 Å². The summed E-state index contributed by atoms with van der Waals surface area (Å²) in [6.07, 6.45) is 8.32. The average Bonchev–Trinajstić information content (AvgIpc) is 2.52. The molecular formula is C12H18BrN3. The Morgan fingerprint density at radius 1 is 1.25 bits per heavy atom. The van der Waals surface area contributed by atoms with Crippen molar-refractivity contribution in [2.45, 2.75) is 25.8 Å². The van der Waals surface area contributed by atoms with Crippen LogP contribution in [-0.4, -0.2) is 34.3 Å². The van der Waals surface area contributed by atoms with Gasteiger partial charge in [0.2, 0.25) is 0 Å². The van der Waals surface area contributed by atoms with Crippen LogP contribution in [0.5, 0.6) is 0 Å². The lowest BCUT2D eigenvalue weighted by Crippen LogP contribution is -2.50. The van der Waals surface area contributed by atoms with Crippen molar-refractivity contribution >= 4 is 15.9 Å². The van der Waals surface area contributed by atoms with E-state index in [9.17, 15) is 0 Å². The van der Waals surface area contributed by atoms with Crippen molar-refractivity contribution in [1.82, 2.24) is 14.7 Å². The normalized spacial score (nSPS) is 23.1. The van der Waals surface area contributed by atoms with Crippen LogP contribution in [0.4, 0.5) is 0 Å². The molecule has 1 aromatic heterocycles. The third-order valence-corrected chi connectivity index (χ3v) is 4.23. The fraction of sp³-hybridized carbons (Fsp3) is 0.750. The summed E-state index contributed by atoms with van der Waals surface area (Å²) >= 11 is 3.43. The van der Waals surface area contributed by atoms with Gasteiger partial charge in [-0.15, -0.1) is 0 Å². The first-order chi connectivity index (χ1) is 7.79. The summed E-state index contributed by atoms with van der Waals surface area (Å²) in [4.78, 5) is 2.60. The third kappa shape index (κ3) is 2.33. The van der Waals surface area contributed by atoms with E-state index in [-0.39, 0.29) is 0 Å². The highest BCUT2D eigenvalue weighted by atomic mass is 79.9. The van der Waals surface area contributed by atoms with Gasteiger partial charge in [-0.05, 0) is 34.7 Å². The van der Waals surface area contributed by atoms with E-state index >= 15 is 0 Å². The first-order valence-electron chi connectivity index (χ1n) is 6.20. The molecule has 0 atom stereocenters. The van der Waals surface area contributed by atoms with Crippen LogP contribution in [0.3, 0.4) is 0 Å². The van der Waals surface area contributed by atoms with Crippen LogP contribution in [-0.2, 0) is 6.54 Å².